The van der Waals surface area contributed by atoms with Crippen molar-refractivity contribution in [1.29, 1.82) is 0 Å². The maximum Gasteiger partial charge on any atom is 0.291 e. The summed E-state index contributed by atoms with van der Waals surface area (Å²) in [4.78, 5) is 29.6. The smallest absolute Gasteiger partial charge is 0.291 e. The van der Waals surface area contributed by atoms with Gasteiger partial charge in [-0.15, -0.1) is 0 Å². The van der Waals surface area contributed by atoms with Crippen LogP contribution in [-0.4, -0.2) is 37.0 Å². The third kappa shape index (κ3) is 2.94. The van der Waals surface area contributed by atoms with E-state index in [2.05, 4.69) is 13.8 Å². The number of carbonyl (C=O) groups is 1. The fourth-order valence-corrected chi connectivity index (χ4v) is 3.98. The molecule has 0 bridgehead atoms. The Morgan fingerprint density at radius 1 is 1.04 bits per heavy atom. The van der Waals surface area contributed by atoms with Gasteiger partial charge in [-0.1, -0.05) is 12.1 Å². The van der Waals surface area contributed by atoms with Gasteiger partial charge in [-0.25, -0.2) is 0 Å². The van der Waals surface area contributed by atoms with Crippen LogP contribution in [0, 0.1) is 6.92 Å². The molecule has 1 aliphatic rings. The van der Waals surface area contributed by atoms with Crippen LogP contribution in [0.3, 0.4) is 0 Å². The summed E-state index contributed by atoms with van der Waals surface area (Å²) in [5.74, 6) is 1.23. The monoisotopic (exact) mass is 381 g/mol. The molecule has 1 amide bonds. The van der Waals surface area contributed by atoms with Crippen molar-refractivity contribution in [2.24, 2.45) is 0 Å². The van der Waals surface area contributed by atoms with Gasteiger partial charge in [0.05, 0.1) is 37.1 Å². The van der Waals surface area contributed by atoms with Crippen molar-refractivity contribution in [3.05, 3.63) is 69.5 Å². The van der Waals surface area contributed by atoms with Crippen LogP contribution >= 0.6 is 0 Å². The number of hydrogen-bond donors (Lipinski definition) is 1. The van der Waals surface area contributed by atoms with Gasteiger partial charge in [-0.3, -0.25) is 9.59 Å². The first-order chi connectivity index (χ1) is 13.5. The largest absolute Gasteiger partial charge is 0.464 e. The summed E-state index contributed by atoms with van der Waals surface area (Å²) in [6.45, 7) is 9.41. The number of rotatable bonds is 6. The predicted molar refractivity (Wildman–Crippen MR) is 106 cm³/mol. The van der Waals surface area contributed by atoms with Gasteiger partial charge in [0.2, 0.25) is 5.76 Å². The van der Waals surface area contributed by atoms with Crippen molar-refractivity contribution < 1.29 is 18.5 Å². The maximum absolute atomic E-state index is 13.3. The molecule has 6 heteroatoms. The number of fused-ring (bicyclic) bond motifs is 2. The first-order valence-electron chi connectivity index (χ1n) is 9.81. The Balaban J connectivity index is 1.85. The highest BCUT2D eigenvalue weighted by molar-refractivity contribution is 5.98. The van der Waals surface area contributed by atoms with Crippen LogP contribution in [0.4, 0.5) is 0 Å². The molecule has 1 N–H and O–H groups in total. The van der Waals surface area contributed by atoms with E-state index < -0.39 is 6.04 Å². The molecule has 2 aromatic heterocycles. The van der Waals surface area contributed by atoms with E-state index in [9.17, 15) is 9.59 Å². The van der Waals surface area contributed by atoms with E-state index >= 15 is 0 Å². The summed E-state index contributed by atoms with van der Waals surface area (Å²) < 4.78 is 11.8. The average molecular weight is 381 g/mol. The molecule has 0 radical (unpaired) electrons. The Labute approximate surface area is 163 Å². The van der Waals surface area contributed by atoms with E-state index in [-0.39, 0.29) is 17.1 Å². The van der Waals surface area contributed by atoms with E-state index in [1.807, 2.05) is 19.1 Å². The van der Waals surface area contributed by atoms with Crippen molar-refractivity contribution in [2.75, 3.05) is 26.2 Å². The molecule has 0 fully saturated rings. The predicted octanol–water partition coefficient (Wildman–Crippen LogP) is 2.16. The van der Waals surface area contributed by atoms with Crippen LogP contribution in [0.1, 0.15) is 47.5 Å². The number of quaternary nitrogens is 1. The van der Waals surface area contributed by atoms with Crippen LogP contribution in [0.5, 0.6) is 0 Å². The van der Waals surface area contributed by atoms with Crippen LogP contribution in [-0.2, 0) is 0 Å². The molecule has 1 aromatic carbocycles. The van der Waals surface area contributed by atoms with E-state index in [0.717, 1.165) is 25.4 Å². The highest BCUT2D eigenvalue weighted by atomic mass is 16.4. The van der Waals surface area contributed by atoms with E-state index in [4.69, 9.17) is 8.83 Å². The molecule has 0 spiro atoms. The number of likely N-dealkylation sites (N-methyl/N-ethyl adjacent to an activating group) is 1. The lowest BCUT2D eigenvalue weighted by Gasteiger charge is -2.25. The van der Waals surface area contributed by atoms with Crippen LogP contribution < -0.4 is 10.3 Å². The lowest BCUT2D eigenvalue weighted by molar-refractivity contribution is -0.895. The summed E-state index contributed by atoms with van der Waals surface area (Å²) in [5, 5.41) is 0.485. The zero-order valence-electron chi connectivity index (χ0n) is 16.5. The summed E-state index contributed by atoms with van der Waals surface area (Å²) in [5.41, 5.74) is 0.653. The third-order valence-electron chi connectivity index (χ3n) is 5.61. The van der Waals surface area contributed by atoms with Crippen molar-refractivity contribution in [3.8, 4) is 0 Å². The fraction of sp³-hybridized carbons (Fsp3) is 0.364. The molecule has 0 saturated heterocycles. The first-order valence-corrected chi connectivity index (χ1v) is 9.81. The van der Waals surface area contributed by atoms with Gasteiger partial charge < -0.3 is 18.6 Å². The number of nitrogens with one attached hydrogen (secondary N) is 1. The van der Waals surface area contributed by atoms with E-state index in [0.29, 0.717) is 28.8 Å². The van der Waals surface area contributed by atoms with Gasteiger partial charge in [-0.05, 0) is 45.0 Å². The molecule has 4 rings (SSSR count). The number of carbonyl (C=O) groups excluding carboxylic acids is 1. The van der Waals surface area contributed by atoms with Gasteiger partial charge in [-0.2, -0.15) is 0 Å². The van der Waals surface area contributed by atoms with Crippen molar-refractivity contribution >= 4 is 16.9 Å². The van der Waals surface area contributed by atoms with Crippen LogP contribution in [0.15, 0.2) is 50.0 Å². The van der Waals surface area contributed by atoms with Gasteiger partial charge >= 0.3 is 0 Å². The average Bonchev–Trinajstić information content (AvgIpc) is 3.25. The number of furan rings is 1. The molecule has 1 aliphatic heterocycles. The second-order valence-corrected chi connectivity index (χ2v) is 7.23. The van der Waals surface area contributed by atoms with Crippen LogP contribution in [0.2, 0.25) is 0 Å². The number of para-hydroxylation sites is 1. The molecule has 28 heavy (non-hydrogen) atoms. The quantitative estimate of drug-likeness (QED) is 0.711. The minimum Gasteiger partial charge on any atom is -0.464 e. The molecule has 0 unspecified atom stereocenters. The maximum atomic E-state index is 13.3. The molecule has 1 atom stereocenters. The lowest BCUT2D eigenvalue weighted by Crippen LogP contribution is -3.12. The van der Waals surface area contributed by atoms with Crippen molar-refractivity contribution in [3.63, 3.8) is 0 Å². The Morgan fingerprint density at radius 2 is 1.79 bits per heavy atom. The Hall–Kier alpha value is -2.86. The Bertz CT molecular complexity index is 1080. The second kappa shape index (κ2) is 7.28. The Morgan fingerprint density at radius 3 is 2.46 bits per heavy atom. The van der Waals surface area contributed by atoms with Crippen molar-refractivity contribution in [1.82, 2.24) is 4.90 Å². The summed E-state index contributed by atoms with van der Waals surface area (Å²) >= 11 is 0. The molecule has 6 nitrogen and oxygen atoms in total. The first kappa shape index (κ1) is 18.5. The number of amides is 1. The van der Waals surface area contributed by atoms with Gasteiger partial charge in [0.1, 0.15) is 23.1 Å². The highest BCUT2D eigenvalue weighted by Crippen LogP contribution is 2.38. The molecule has 3 aromatic rings. The number of benzene rings is 1. The zero-order valence-corrected chi connectivity index (χ0v) is 16.5. The topological polar surface area (TPSA) is 68.1 Å². The lowest BCUT2D eigenvalue weighted by atomic mass is 10.0. The molecule has 0 aliphatic carbocycles. The second-order valence-electron chi connectivity index (χ2n) is 7.23. The minimum atomic E-state index is -0.549. The number of aryl methyl sites for hydroxylation is 1. The van der Waals surface area contributed by atoms with E-state index in [1.54, 1.807) is 29.2 Å². The molecule has 3 heterocycles. The highest BCUT2D eigenvalue weighted by Gasteiger charge is 2.44. The molecular weight excluding hydrogens is 356 g/mol. The summed E-state index contributed by atoms with van der Waals surface area (Å²) in [6, 6.07) is 10.2. The summed E-state index contributed by atoms with van der Waals surface area (Å²) in [6.07, 6.45) is 0. The van der Waals surface area contributed by atoms with Crippen LogP contribution in [0.25, 0.3) is 11.0 Å². The fourth-order valence-electron chi connectivity index (χ4n) is 3.98. The van der Waals surface area contributed by atoms with Gasteiger partial charge in [0.15, 0.2) is 5.43 Å². The minimum absolute atomic E-state index is 0.136. The van der Waals surface area contributed by atoms with Crippen molar-refractivity contribution in [2.45, 2.75) is 26.8 Å². The SMILES string of the molecule is CC[NH+](CC)CCN1C(=O)c2oc3ccccc3c(=O)c2[C@@H]1c1ccc(C)o1. The summed E-state index contributed by atoms with van der Waals surface area (Å²) in [7, 11) is 0. The zero-order chi connectivity index (χ0) is 19.8. The molecule has 0 saturated carbocycles. The van der Waals surface area contributed by atoms with Gasteiger partial charge in [0.25, 0.3) is 5.91 Å². The number of hydrogen-bond acceptors (Lipinski definition) is 4. The number of nitrogens with zero attached hydrogens (tertiary/aromatic N) is 1. The molecule has 146 valence electrons. The normalized spacial score (nSPS) is 16.4. The molecular formula is C22H25N2O4+. The third-order valence-corrected chi connectivity index (χ3v) is 5.61. The van der Waals surface area contributed by atoms with Gasteiger partial charge in [0, 0.05) is 0 Å². The standard InChI is InChI=1S/C22H24N2O4/c1-4-23(5-2)12-13-24-19(17-11-10-14(3)27-17)18-20(25)15-8-6-7-9-16(15)28-21(18)22(24)26/h6-11,19H,4-5,12-13H2,1-3H3/p+1/t19-/m0/s1. The Kier molecular flexibility index (Phi) is 4.81. The van der Waals surface area contributed by atoms with E-state index in [1.165, 1.54) is 4.90 Å².